The molecule has 0 amide bonds. The van der Waals surface area contributed by atoms with Crippen LogP contribution in [0.5, 0.6) is 0 Å². The Kier molecular flexibility index (Phi) is 7.22. The predicted octanol–water partition coefficient (Wildman–Crippen LogP) is 1.52. The van der Waals surface area contributed by atoms with Gasteiger partial charge >= 0.3 is 0 Å². The van der Waals surface area contributed by atoms with Gasteiger partial charge in [-0.05, 0) is 64.7 Å². The molecule has 4 heterocycles. The van der Waals surface area contributed by atoms with Crippen LogP contribution in [0.25, 0.3) is 0 Å². The summed E-state index contributed by atoms with van der Waals surface area (Å²) in [5, 5.41) is 0. The molecule has 0 radical (unpaired) electrons. The van der Waals surface area contributed by atoms with Gasteiger partial charge in [-0.25, -0.2) is 8.42 Å². The Morgan fingerprint density at radius 2 is 1.07 bits per heavy atom. The minimum atomic E-state index is -2.99. The van der Waals surface area contributed by atoms with Crippen molar-refractivity contribution in [1.29, 1.82) is 0 Å². The molecule has 29 heavy (non-hydrogen) atoms. The largest absolute Gasteiger partial charge is 0.302 e. The van der Waals surface area contributed by atoms with Crippen molar-refractivity contribution in [3.63, 3.8) is 0 Å². The van der Waals surface area contributed by atoms with E-state index >= 15 is 0 Å². The summed E-state index contributed by atoms with van der Waals surface area (Å²) in [5.41, 5.74) is 0. The normalized spacial score (nSPS) is 35.1. The molecule has 6 nitrogen and oxygen atoms in total. The molecule has 4 rings (SSSR count). The lowest BCUT2D eigenvalue weighted by Gasteiger charge is -2.30. The third kappa shape index (κ3) is 5.17. The third-order valence-corrected chi connectivity index (χ3v) is 9.86. The molecule has 4 bridgehead atoms. The fraction of sp³-hybridized carbons (Fsp3) is 1.00. The molecular formula is C22H42N4O2S. The van der Waals surface area contributed by atoms with Gasteiger partial charge in [0.2, 0.25) is 0 Å². The molecule has 0 saturated carbocycles. The first-order chi connectivity index (χ1) is 14.0. The second kappa shape index (κ2) is 9.51. The summed E-state index contributed by atoms with van der Waals surface area (Å²) in [4.78, 5) is 10.2. The van der Waals surface area contributed by atoms with Crippen molar-refractivity contribution in [2.75, 3.05) is 63.9 Å². The molecule has 0 aliphatic carbocycles. The van der Waals surface area contributed by atoms with Gasteiger partial charge in [-0.1, -0.05) is 13.8 Å². The molecule has 4 saturated heterocycles. The number of hydrogen-bond acceptors (Lipinski definition) is 6. The summed E-state index contributed by atoms with van der Waals surface area (Å²) in [6.45, 7) is 12.8. The lowest BCUT2D eigenvalue weighted by atomic mass is 10.1. The molecule has 0 spiro atoms. The number of likely N-dealkylation sites (tertiary alicyclic amines) is 2. The van der Waals surface area contributed by atoms with E-state index in [1.54, 1.807) is 0 Å². The summed E-state index contributed by atoms with van der Waals surface area (Å²) in [5.74, 6) is 0.687. The van der Waals surface area contributed by atoms with E-state index in [0.29, 0.717) is 35.7 Å². The fourth-order valence-electron chi connectivity index (χ4n) is 6.38. The van der Waals surface area contributed by atoms with Crippen LogP contribution in [-0.2, 0) is 9.84 Å². The second-order valence-electron chi connectivity index (χ2n) is 9.76. The SMILES string of the molecule is CCN1CCC2CCC(C1)N2CCS(=O)(=O)CCN1C2CCC1CN(CC)CC2. The molecule has 0 aromatic carbocycles. The number of nitrogens with zero attached hydrogens (tertiary/aromatic N) is 4. The van der Waals surface area contributed by atoms with Crippen molar-refractivity contribution in [1.82, 2.24) is 19.6 Å². The smallest absolute Gasteiger partial charge is 0.152 e. The van der Waals surface area contributed by atoms with E-state index in [1.807, 2.05) is 0 Å². The third-order valence-electron chi connectivity index (χ3n) is 8.25. The standard InChI is InChI=1S/C22H42N4O2S/c1-3-23-11-9-19-5-7-21(17-23)25(19)13-15-29(27,28)16-14-26-20-6-8-22(26)18-24(4-2)12-10-20/h19-22H,3-18H2,1-2H3. The maximum atomic E-state index is 12.9. The van der Waals surface area contributed by atoms with E-state index < -0.39 is 9.84 Å². The zero-order chi connectivity index (χ0) is 20.4. The lowest BCUT2D eigenvalue weighted by molar-refractivity contribution is 0.194. The molecule has 168 valence electrons. The van der Waals surface area contributed by atoms with Crippen LogP contribution in [-0.4, -0.2) is 116 Å². The van der Waals surface area contributed by atoms with E-state index in [2.05, 4.69) is 33.4 Å². The van der Waals surface area contributed by atoms with E-state index in [9.17, 15) is 8.42 Å². The van der Waals surface area contributed by atoms with E-state index in [0.717, 1.165) is 39.3 Å². The van der Waals surface area contributed by atoms with Crippen LogP contribution in [0.4, 0.5) is 0 Å². The van der Waals surface area contributed by atoms with Crippen LogP contribution in [0.3, 0.4) is 0 Å². The first-order valence-corrected chi connectivity index (χ1v) is 14.0. The summed E-state index contributed by atoms with van der Waals surface area (Å²) in [6.07, 6.45) is 7.41. The number of rotatable bonds is 8. The van der Waals surface area contributed by atoms with Crippen LogP contribution in [0.15, 0.2) is 0 Å². The average Bonchev–Trinajstić information content (AvgIpc) is 3.13. The zero-order valence-electron chi connectivity index (χ0n) is 18.6. The van der Waals surface area contributed by atoms with Crippen LogP contribution in [0.1, 0.15) is 52.4 Å². The Labute approximate surface area is 178 Å². The van der Waals surface area contributed by atoms with E-state index in [4.69, 9.17) is 0 Å². The van der Waals surface area contributed by atoms with Gasteiger partial charge in [0.25, 0.3) is 0 Å². The first kappa shape index (κ1) is 22.0. The summed E-state index contributed by atoms with van der Waals surface area (Å²) < 4.78 is 25.8. The molecule has 7 heteroatoms. The van der Waals surface area contributed by atoms with Crippen LogP contribution < -0.4 is 0 Å². The number of likely N-dealkylation sites (N-methyl/N-ethyl adjacent to an activating group) is 2. The molecule has 4 unspecified atom stereocenters. The average molecular weight is 427 g/mol. The molecule has 4 aliphatic rings. The highest BCUT2D eigenvalue weighted by molar-refractivity contribution is 7.91. The highest BCUT2D eigenvalue weighted by atomic mass is 32.2. The Morgan fingerprint density at radius 3 is 1.48 bits per heavy atom. The van der Waals surface area contributed by atoms with Crippen molar-refractivity contribution in [2.45, 2.75) is 76.5 Å². The number of sulfone groups is 1. The topological polar surface area (TPSA) is 47.1 Å². The highest BCUT2D eigenvalue weighted by Crippen LogP contribution is 2.31. The summed E-state index contributed by atoms with van der Waals surface area (Å²) >= 11 is 0. The molecule has 4 atom stereocenters. The molecule has 4 fully saturated rings. The number of hydrogen-bond donors (Lipinski definition) is 0. The first-order valence-electron chi connectivity index (χ1n) is 12.2. The Balaban J connectivity index is 1.29. The fourth-order valence-corrected chi connectivity index (χ4v) is 7.56. The molecule has 0 aromatic heterocycles. The van der Waals surface area contributed by atoms with Gasteiger partial charge in [-0.3, -0.25) is 9.80 Å². The lowest BCUT2D eigenvalue weighted by Crippen LogP contribution is -2.43. The van der Waals surface area contributed by atoms with Gasteiger partial charge in [-0.2, -0.15) is 0 Å². The van der Waals surface area contributed by atoms with Crippen LogP contribution in [0.2, 0.25) is 0 Å². The highest BCUT2D eigenvalue weighted by Gasteiger charge is 2.39. The summed E-state index contributed by atoms with van der Waals surface area (Å²) in [6, 6.07) is 2.35. The van der Waals surface area contributed by atoms with Crippen molar-refractivity contribution < 1.29 is 8.42 Å². The molecule has 0 N–H and O–H groups in total. The maximum absolute atomic E-state index is 12.9. The van der Waals surface area contributed by atoms with Gasteiger partial charge < -0.3 is 9.80 Å². The minimum absolute atomic E-state index is 0.344. The van der Waals surface area contributed by atoms with Gasteiger partial charge in [-0.15, -0.1) is 0 Å². The Hall–Kier alpha value is -0.210. The van der Waals surface area contributed by atoms with E-state index in [1.165, 1.54) is 51.6 Å². The molecular weight excluding hydrogens is 384 g/mol. The van der Waals surface area contributed by atoms with Gasteiger partial charge in [0.05, 0.1) is 11.5 Å². The monoisotopic (exact) mass is 426 g/mol. The van der Waals surface area contributed by atoms with E-state index in [-0.39, 0.29) is 0 Å². The maximum Gasteiger partial charge on any atom is 0.152 e. The molecule has 0 aromatic rings. The van der Waals surface area contributed by atoms with Crippen LogP contribution >= 0.6 is 0 Å². The molecule has 4 aliphatic heterocycles. The second-order valence-corrected chi connectivity index (χ2v) is 12.1. The predicted molar refractivity (Wildman–Crippen MR) is 119 cm³/mol. The van der Waals surface area contributed by atoms with Gasteiger partial charge in [0, 0.05) is 50.3 Å². The van der Waals surface area contributed by atoms with Crippen molar-refractivity contribution >= 4 is 9.84 Å². The zero-order valence-corrected chi connectivity index (χ0v) is 19.5. The quantitative estimate of drug-likeness (QED) is 0.587. The van der Waals surface area contributed by atoms with Gasteiger partial charge in [0.15, 0.2) is 9.84 Å². The van der Waals surface area contributed by atoms with Gasteiger partial charge in [0.1, 0.15) is 0 Å². The van der Waals surface area contributed by atoms with Crippen molar-refractivity contribution in [3.05, 3.63) is 0 Å². The Bertz CT molecular complexity index is 595. The summed E-state index contributed by atoms with van der Waals surface area (Å²) in [7, 11) is -2.99. The number of fused-ring (bicyclic) bond motifs is 4. The van der Waals surface area contributed by atoms with Crippen molar-refractivity contribution in [3.8, 4) is 0 Å². The van der Waals surface area contributed by atoms with Crippen LogP contribution in [0, 0.1) is 0 Å². The Morgan fingerprint density at radius 1 is 0.655 bits per heavy atom. The van der Waals surface area contributed by atoms with Crippen molar-refractivity contribution in [2.24, 2.45) is 0 Å². The minimum Gasteiger partial charge on any atom is -0.302 e.